The van der Waals surface area contributed by atoms with Crippen molar-refractivity contribution in [3.8, 4) is 12.3 Å². The van der Waals surface area contributed by atoms with Gasteiger partial charge in [0.2, 0.25) is 11.7 Å². The van der Waals surface area contributed by atoms with Crippen molar-refractivity contribution in [2.75, 3.05) is 12.3 Å². The second-order valence-electron chi connectivity index (χ2n) is 6.55. The monoisotopic (exact) mass is 421 g/mol. The maximum atomic E-state index is 15.9. The number of carbonyl (C=O) groups excluding carboxylic acids is 2. The van der Waals surface area contributed by atoms with Crippen molar-refractivity contribution in [1.82, 2.24) is 19.5 Å². The Bertz CT molecular complexity index is 1020. The lowest BCUT2D eigenvalue weighted by molar-refractivity contribution is -0.223. The second kappa shape index (κ2) is 7.85. The normalized spacial score (nSPS) is 28.2. The molecule has 11 nitrogen and oxygen atoms in total. The van der Waals surface area contributed by atoms with Gasteiger partial charge in [0.15, 0.2) is 24.3 Å². The van der Waals surface area contributed by atoms with Gasteiger partial charge < -0.3 is 25.1 Å². The molecule has 0 saturated carbocycles. The van der Waals surface area contributed by atoms with E-state index in [1.54, 1.807) is 0 Å². The highest BCUT2D eigenvalue weighted by Crippen LogP contribution is 2.48. The van der Waals surface area contributed by atoms with Crippen molar-refractivity contribution >= 4 is 28.9 Å². The number of esters is 2. The standard InChI is InChI=1S/C18H20FN5O6/c1-4-10(25)28-7-18(19)15(29-11(26)5-2)17(27,6-3)16(30-18)24-9-23-12-13(20)21-8-22-14(12)24/h3,8-9,15-16,27H,4-5,7H2,1-2H3,(H2,20,21,22)/t15-,16+,17+,18+/m0/s1. The van der Waals surface area contributed by atoms with Crippen LogP contribution in [0.5, 0.6) is 0 Å². The van der Waals surface area contributed by atoms with Gasteiger partial charge in [-0.2, -0.15) is 0 Å². The molecule has 3 heterocycles. The average Bonchev–Trinajstić information content (AvgIpc) is 3.26. The Morgan fingerprint density at radius 1 is 1.37 bits per heavy atom. The second-order valence-corrected chi connectivity index (χ2v) is 6.55. The van der Waals surface area contributed by atoms with E-state index in [2.05, 4.69) is 15.0 Å². The minimum Gasteiger partial charge on any atom is -0.459 e. The summed E-state index contributed by atoms with van der Waals surface area (Å²) in [7, 11) is 0. The lowest BCUT2D eigenvalue weighted by Crippen LogP contribution is -2.53. The molecule has 4 atom stereocenters. The van der Waals surface area contributed by atoms with Gasteiger partial charge in [-0.1, -0.05) is 19.8 Å². The molecular formula is C18H20FN5O6. The molecule has 12 heteroatoms. The number of aromatic nitrogens is 4. The fourth-order valence-electron chi connectivity index (χ4n) is 3.04. The molecule has 1 saturated heterocycles. The number of rotatable bonds is 6. The van der Waals surface area contributed by atoms with Crippen LogP contribution in [0.25, 0.3) is 11.2 Å². The number of fused-ring (bicyclic) bond motifs is 1. The zero-order chi connectivity index (χ0) is 22.1. The van der Waals surface area contributed by atoms with Gasteiger partial charge in [-0.3, -0.25) is 14.2 Å². The Kier molecular flexibility index (Phi) is 5.60. The van der Waals surface area contributed by atoms with Gasteiger partial charge in [0.1, 0.15) is 11.8 Å². The molecule has 160 valence electrons. The zero-order valence-electron chi connectivity index (χ0n) is 16.2. The van der Waals surface area contributed by atoms with Gasteiger partial charge >= 0.3 is 11.9 Å². The molecule has 3 rings (SSSR count). The number of alkyl halides is 1. The molecule has 0 unspecified atom stereocenters. The molecule has 0 aromatic carbocycles. The number of anilines is 1. The van der Waals surface area contributed by atoms with Crippen molar-refractivity contribution in [3.05, 3.63) is 12.7 Å². The van der Waals surface area contributed by atoms with Crippen LogP contribution < -0.4 is 5.73 Å². The highest BCUT2D eigenvalue weighted by atomic mass is 19.2. The van der Waals surface area contributed by atoms with Gasteiger partial charge in [-0.15, -0.1) is 6.42 Å². The lowest BCUT2D eigenvalue weighted by atomic mass is 9.93. The van der Waals surface area contributed by atoms with Crippen LogP contribution in [0.15, 0.2) is 12.7 Å². The summed E-state index contributed by atoms with van der Waals surface area (Å²) in [6, 6.07) is 0. The number of hydrogen-bond donors (Lipinski definition) is 2. The molecule has 0 amide bonds. The Morgan fingerprint density at radius 3 is 2.70 bits per heavy atom. The maximum absolute atomic E-state index is 15.9. The highest BCUT2D eigenvalue weighted by Gasteiger charge is 2.68. The summed E-state index contributed by atoms with van der Waals surface area (Å²) in [6.45, 7) is 2.02. The number of aliphatic hydroxyl groups is 1. The first-order valence-electron chi connectivity index (χ1n) is 9.05. The quantitative estimate of drug-likeness (QED) is 0.490. The van der Waals surface area contributed by atoms with Crippen molar-refractivity contribution in [3.63, 3.8) is 0 Å². The van der Waals surface area contributed by atoms with E-state index in [0.717, 1.165) is 10.9 Å². The molecule has 3 N–H and O–H groups in total. The number of ether oxygens (including phenoxy) is 3. The minimum absolute atomic E-state index is 0.0271. The number of nitrogens with two attached hydrogens (primary N) is 1. The highest BCUT2D eigenvalue weighted by molar-refractivity contribution is 5.81. The smallest absolute Gasteiger partial charge is 0.306 e. The third-order valence-electron chi connectivity index (χ3n) is 4.60. The third-order valence-corrected chi connectivity index (χ3v) is 4.60. The minimum atomic E-state index is -2.95. The van der Waals surface area contributed by atoms with Crippen molar-refractivity contribution < 1.29 is 33.3 Å². The van der Waals surface area contributed by atoms with Crippen LogP contribution in [0.1, 0.15) is 32.9 Å². The van der Waals surface area contributed by atoms with Crippen LogP contribution in [0.2, 0.25) is 0 Å². The zero-order valence-corrected chi connectivity index (χ0v) is 16.2. The van der Waals surface area contributed by atoms with Crippen LogP contribution in [-0.2, 0) is 23.8 Å². The fourth-order valence-corrected chi connectivity index (χ4v) is 3.04. The first-order chi connectivity index (χ1) is 14.2. The summed E-state index contributed by atoms with van der Waals surface area (Å²) in [4.78, 5) is 35.3. The van der Waals surface area contributed by atoms with Crippen molar-refractivity contribution in [2.45, 2.75) is 50.5 Å². The first-order valence-corrected chi connectivity index (χ1v) is 9.05. The molecule has 0 radical (unpaired) electrons. The van der Waals surface area contributed by atoms with Crippen molar-refractivity contribution in [1.29, 1.82) is 0 Å². The fraction of sp³-hybridized carbons (Fsp3) is 0.500. The van der Waals surface area contributed by atoms with Gasteiger partial charge in [0.25, 0.3) is 5.85 Å². The van der Waals surface area contributed by atoms with Crippen LogP contribution in [0.3, 0.4) is 0 Å². The molecule has 2 aromatic rings. The van der Waals surface area contributed by atoms with Gasteiger partial charge in [-0.05, 0) is 0 Å². The number of imidazole rings is 1. The number of carbonyl (C=O) groups is 2. The molecule has 2 aromatic heterocycles. The molecule has 0 spiro atoms. The van der Waals surface area contributed by atoms with Gasteiger partial charge in [0, 0.05) is 12.8 Å². The number of hydrogen-bond acceptors (Lipinski definition) is 10. The lowest BCUT2D eigenvalue weighted by Gasteiger charge is -2.30. The summed E-state index contributed by atoms with van der Waals surface area (Å²) < 4.78 is 32.4. The first kappa shape index (κ1) is 21.4. The average molecular weight is 421 g/mol. The predicted octanol–water partition coefficient (Wildman–Crippen LogP) is 0.242. The number of halogens is 1. The SMILES string of the molecule is C#C[C@]1(O)[C@H](n2cnc3c(N)ncnc32)O[C@](F)(COC(=O)CC)[C@H]1OC(=O)CC. The molecule has 30 heavy (non-hydrogen) atoms. The summed E-state index contributed by atoms with van der Waals surface area (Å²) in [5, 5.41) is 11.2. The van der Waals surface area contributed by atoms with Gasteiger partial charge in [0.05, 0.1) is 6.33 Å². The molecule has 0 aliphatic carbocycles. The molecule has 1 aliphatic heterocycles. The predicted molar refractivity (Wildman–Crippen MR) is 98.9 cm³/mol. The number of nitrogen functional groups attached to an aromatic ring is 1. The number of terminal acetylenes is 1. The summed E-state index contributed by atoms with van der Waals surface area (Å²) in [6.07, 6.45) is 4.03. The maximum Gasteiger partial charge on any atom is 0.306 e. The molecule has 1 aliphatic rings. The Balaban J connectivity index is 2.09. The van der Waals surface area contributed by atoms with E-state index in [1.165, 1.54) is 20.2 Å². The van der Waals surface area contributed by atoms with Gasteiger partial charge in [-0.25, -0.2) is 19.3 Å². The third kappa shape index (κ3) is 3.42. The Hall–Kier alpha value is -3.30. The van der Waals surface area contributed by atoms with E-state index in [0.29, 0.717) is 0 Å². The molecule has 0 bridgehead atoms. The largest absolute Gasteiger partial charge is 0.459 e. The van der Waals surface area contributed by atoms with E-state index in [-0.39, 0.29) is 29.8 Å². The van der Waals surface area contributed by atoms with Crippen LogP contribution in [0.4, 0.5) is 10.2 Å². The van der Waals surface area contributed by atoms with E-state index < -0.39 is 42.3 Å². The van der Waals surface area contributed by atoms with Crippen LogP contribution in [-0.4, -0.2) is 60.7 Å². The number of nitrogens with zero attached hydrogens (tertiary/aromatic N) is 4. The molecule has 1 fully saturated rings. The molecular weight excluding hydrogens is 401 g/mol. The van der Waals surface area contributed by atoms with Crippen LogP contribution in [0, 0.1) is 12.3 Å². The van der Waals surface area contributed by atoms with Crippen LogP contribution >= 0.6 is 0 Å². The Labute approximate surface area is 170 Å². The van der Waals surface area contributed by atoms with E-state index in [1.807, 2.05) is 5.92 Å². The summed E-state index contributed by atoms with van der Waals surface area (Å²) in [5.74, 6) is -2.43. The Morgan fingerprint density at radius 2 is 2.07 bits per heavy atom. The topological polar surface area (TPSA) is 152 Å². The van der Waals surface area contributed by atoms with E-state index in [4.69, 9.17) is 26.4 Å². The van der Waals surface area contributed by atoms with Crippen molar-refractivity contribution in [2.24, 2.45) is 0 Å². The summed E-state index contributed by atoms with van der Waals surface area (Å²) >= 11 is 0. The summed E-state index contributed by atoms with van der Waals surface area (Å²) in [5.41, 5.74) is 3.52. The van der Waals surface area contributed by atoms with E-state index in [9.17, 15) is 14.7 Å². The van der Waals surface area contributed by atoms with E-state index >= 15 is 4.39 Å².